The molecule has 1 unspecified atom stereocenters. The fraction of sp³-hybridized carbons (Fsp3) is 0.333. The molecule has 0 fully saturated rings. The van der Waals surface area contributed by atoms with Crippen molar-refractivity contribution in [3.05, 3.63) is 57.5 Å². The van der Waals surface area contributed by atoms with Crippen LogP contribution in [0.1, 0.15) is 40.0 Å². The minimum atomic E-state index is 0.0776. The van der Waals surface area contributed by atoms with Gasteiger partial charge in [-0.25, -0.2) is 0 Å². The summed E-state index contributed by atoms with van der Waals surface area (Å²) in [4.78, 5) is 0.0776. The van der Waals surface area contributed by atoms with Crippen LogP contribution in [0.4, 0.5) is 0 Å². The van der Waals surface area contributed by atoms with E-state index in [0.29, 0.717) is 0 Å². The second kappa shape index (κ2) is 5.50. The van der Waals surface area contributed by atoms with Crippen molar-refractivity contribution in [3.63, 3.8) is 0 Å². The summed E-state index contributed by atoms with van der Waals surface area (Å²) in [5.74, 6) is 1.95. The Balaban J connectivity index is 2.39. The minimum absolute atomic E-state index is 0.0776. The molecule has 0 N–H and O–H groups in total. The predicted molar refractivity (Wildman–Crippen MR) is 79.8 cm³/mol. The molecule has 0 radical (unpaired) electrons. The lowest BCUT2D eigenvalue weighted by Gasteiger charge is -2.13. The van der Waals surface area contributed by atoms with Gasteiger partial charge in [0.2, 0.25) is 0 Å². The number of benzene rings is 1. The predicted octanol–water partition coefficient (Wildman–Crippen LogP) is 5.60. The van der Waals surface area contributed by atoms with E-state index in [4.69, 9.17) is 16.0 Å². The molecule has 0 spiro atoms. The van der Waals surface area contributed by atoms with Gasteiger partial charge in [-0.15, -0.1) is 0 Å². The maximum atomic E-state index is 6.12. The van der Waals surface area contributed by atoms with Gasteiger partial charge >= 0.3 is 0 Å². The molecule has 1 atom stereocenters. The Morgan fingerprint density at radius 3 is 2.56 bits per heavy atom. The highest BCUT2D eigenvalue weighted by atomic mass is 79.9. The van der Waals surface area contributed by atoms with Crippen molar-refractivity contribution in [2.75, 3.05) is 0 Å². The lowest BCUT2D eigenvalue weighted by atomic mass is 10.0. The van der Waals surface area contributed by atoms with Gasteiger partial charge in [0.05, 0.1) is 4.83 Å². The standard InChI is InChI=1S/C15H16BrClO/c1-4-11-5-6-14(18-11)15(16)12-7-10(3)13(17)8-9(12)2/h5-8,15H,4H2,1-3H3. The van der Waals surface area contributed by atoms with Gasteiger partial charge in [0.15, 0.2) is 0 Å². The number of alkyl halides is 1. The molecule has 18 heavy (non-hydrogen) atoms. The van der Waals surface area contributed by atoms with E-state index in [9.17, 15) is 0 Å². The largest absolute Gasteiger partial charge is 0.465 e. The van der Waals surface area contributed by atoms with Gasteiger partial charge in [-0.1, -0.05) is 40.5 Å². The molecule has 0 amide bonds. The molecule has 0 aliphatic carbocycles. The zero-order chi connectivity index (χ0) is 13.3. The molecule has 1 heterocycles. The average molecular weight is 328 g/mol. The van der Waals surface area contributed by atoms with Gasteiger partial charge in [0.1, 0.15) is 11.5 Å². The van der Waals surface area contributed by atoms with Crippen LogP contribution in [0.3, 0.4) is 0 Å². The minimum Gasteiger partial charge on any atom is -0.465 e. The van der Waals surface area contributed by atoms with Crippen molar-refractivity contribution in [2.45, 2.75) is 32.0 Å². The molecular formula is C15H16BrClO. The van der Waals surface area contributed by atoms with E-state index in [1.165, 1.54) is 11.1 Å². The maximum Gasteiger partial charge on any atom is 0.122 e. The van der Waals surface area contributed by atoms with Crippen molar-refractivity contribution < 1.29 is 4.42 Å². The van der Waals surface area contributed by atoms with Gasteiger partial charge < -0.3 is 4.42 Å². The van der Waals surface area contributed by atoms with Gasteiger partial charge in [-0.2, -0.15) is 0 Å². The summed E-state index contributed by atoms with van der Waals surface area (Å²) in [6, 6.07) is 8.18. The van der Waals surface area contributed by atoms with E-state index >= 15 is 0 Å². The number of hydrogen-bond acceptors (Lipinski definition) is 1. The van der Waals surface area contributed by atoms with Crippen molar-refractivity contribution in [1.29, 1.82) is 0 Å². The first-order chi connectivity index (χ1) is 8.52. The lowest BCUT2D eigenvalue weighted by Crippen LogP contribution is -1.96. The Bertz CT molecular complexity index is 560. The summed E-state index contributed by atoms with van der Waals surface area (Å²) in [6.07, 6.45) is 0.915. The number of hydrogen-bond donors (Lipinski definition) is 0. The number of rotatable bonds is 3. The topological polar surface area (TPSA) is 13.1 Å². The Morgan fingerprint density at radius 2 is 1.94 bits per heavy atom. The first-order valence-corrected chi connectivity index (χ1v) is 7.31. The first kappa shape index (κ1) is 13.7. The van der Waals surface area contributed by atoms with Crippen LogP contribution in [-0.2, 0) is 6.42 Å². The zero-order valence-corrected chi connectivity index (χ0v) is 13.1. The molecule has 1 aromatic carbocycles. The van der Waals surface area contributed by atoms with Crippen LogP contribution in [-0.4, -0.2) is 0 Å². The van der Waals surface area contributed by atoms with Crippen LogP contribution in [0.5, 0.6) is 0 Å². The van der Waals surface area contributed by atoms with Gasteiger partial charge in [0.25, 0.3) is 0 Å². The van der Waals surface area contributed by atoms with Crippen molar-refractivity contribution in [1.82, 2.24) is 0 Å². The molecular weight excluding hydrogens is 312 g/mol. The zero-order valence-electron chi connectivity index (χ0n) is 10.8. The second-order valence-electron chi connectivity index (χ2n) is 4.48. The van der Waals surface area contributed by atoms with Crippen LogP contribution in [0.15, 0.2) is 28.7 Å². The number of halogens is 2. The molecule has 96 valence electrons. The maximum absolute atomic E-state index is 6.12. The van der Waals surface area contributed by atoms with Crippen LogP contribution in [0.2, 0.25) is 5.02 Å². The van der Waals surface area contributed by atoms with E-state index in [1.807, 2.05) is 25.1 Å². The Kier molecular flexibility index (Phi) is 4.18. The van der Waals surface area contributed by atoms with Crippen LogP contribution < -0.4 is 0 Å². The molecule has 0 saturated heterocycles. The molecule has 0 saturated carbocycles. The van der Waals surface area contributed by atoms with Crippen molar-refractivity contribution in [2.24, 2.45) is 0 Å². The first-order valence-electron chi connectivity index (χ1n) is 6.02. The van der Waals surface area contributed by atoms with E-state index in [0.717, 1.165) is 28.5 Å². The highest BCUT2D eigenvalue weighted by Gasteiger charge is 2.17. The van der Waals surface area contributed by atoms with E-state index < -0.39 is 0 Å². The summed E-state index contributed by atoms with van der Waals surface area (Å²) < 4.78 is 5.79. The highest BCUT2D eigenvalue weighted by molar-refractivity contribution is 9.09. The summed E-state index contributed by atoms with van der Waals surface area (Å²) in [6.45, 7) is 6.17. The highest BCUT2D eigenvalue weighted by Crippen LogP contribution is 2.36. The third-order valence-electron chi connectivity index (χ3n) is 3.10. The quantitative estimate of drug-likeness (QED) is 0.669. The Morgan fingerprint density at radius 1 is 1.22 bits per heavy atom. The van der Waals surface area contributed by atoms with Gasteiger partial charge in [-0.05, 0) is 48.7 Å². The molecule has 2 aromatic rings. The van der Waals surface area contributed by atoms with Crippen molar-refractivity contribution >= 4 is 27.5 Å². The fourth-order valence-corrected chi connectivity index (χ4v) is 2.91. The van der Waals surface area contributed by atoms with E-state index in [2.05, 4.69) is 35.8 Å². The second-order valence-corrected chi connectivity index (χ2v) is 5.80. The summed E-state index contributed by atoms with van der Waals surface area (Å²) in [5, 5.41) is 0.810. The smallest absolute Gasteiger partial charge is 0.122 e. The van der Waals surface area contributed by atoms with Crippen LogP contribution in [0, 0.1) is 13.8 Å². The third kappa shape index (κ3) is 2.65. The summed E-state index contributed by atoms with van der Waals surface area (Å²) in [5.41, 5.74) is 3.46. The Hall–Kier alpha value is -0.730. The number of furan rings is 1. The van der Waals surface area contributed by atoms with E-state index in [-0.39, 0.29) is 4.83 Å². The number of aryl methyl sites for hydroxylation is 3. The summed E-state index contributed by atoms with van der Waals surface area (Å²) in [7, 11) is 0. The summed E-state index contributed by atoms with van der Waals surface area (Å²) >= 11 is 9.83. The monoisotopic (exact) mass is 326 g/mol. The molecule has 2 rings (SSSR count). The normalized spacial score (nSPS) is 12.7. The fourth-order valence-electron chi connectivity index (χ4n) is 1.95. The van der Waals surface area contributed by atoms with E-state index in [1.54, 1.807) is 0 Å². The molecule has 0 bridgehead atoms. The lowest BCUT2D eigenvalue weighted by molar-refractivity contribution is 0.477. The van der Waals surface area contributed by atoms with Gasteiger partial charge in [-0.3, -0.25) is 0 Å². The average Bonchev–Trinajstić information content (AvgIpc) is 2.81. The third-order valence-corrected chi connectivity index (χ3v) is 4.45. The molecule has 1 aromatic heterocycles. The molecule has 3 heteroatoms. The molecule has 0 aliphatic heterocycles. The van der Waals surface area contributed by atoms with Crippen LogP contribution >= 0.6 is 27.5 Å². The molecule has 1 nitrogen and oxygen atoms in total. The SMILES string of the molecule is CCc1ccc(C(Br)c2cc(C)c(Cl)cc2C)o1. The van der Waals surface area contributed by atoms with Crippen molar-refractivity contribution in [3.8, 4) is 0 Å². The Labute approximate surface area is 121 Å². The van der Waals surface area contributed by atoms with Gasteiger partial charge in [0, 0.05) is 11.4 Å². The molecule has 0 aliphatic rings. The van der Waals surface area contributed by atoms with Crippen LogP contribution in [0.25, 0.3) is 0 Å².